The Balaban J connectivity index is 2.14. The van der Waals surface area contributed by atoms with Crippen molar-refractivity contribution in [3.05, 3.63) is 12.3 Å². The van der Waals surface area contributed by atoms with E-state index in [0.717, 1.165) is 10.6 Å². The highest BCUT2D eigenvalue weighted by atomic mass is 32.2. The first-order valence-corrected chi connectivity index (χ1v) is 8.05. The Hall–Kier alpha value is -1.61. The summed E-state index contributed by atoms with van der Waals surface area (Å²) >= 11 is 0. The summed E-state index contributed by atoms with van der Waals surface area (Å²) in [5.41, 5.74) is 0. The number of morpholine rings is 1. The van der Waals surface area contributed by atoms with Gasteiger partial charge in [0.05, 0.1) is 19.5 Å². The summed E-state index contributed by atoms with van der Waals surface area (Å²) < 4.78 is 31.4. The lowest BCUT2D eigenvalue weighted by molar-refractivity contribution is -0.133. The van der Waals surface area contributed by atoms with E-state index < -0.39 is 10.0 Å². The van der Waals surface area contributed by atoms with Gasteiger partial charge in [0, 0.05) is 32.4 Å². The molecule has 1 aliphatic rings. The smallest absolute Gasteiger partial charge is 0.243 e. The van der Waals surface area contributed by atoms with Gasteiger partial charge in [0.1, 0.15) is 6.54 Å². The fourth-order valence-electron chi connectivity index (χ4n) is 1.94. The number of hydrogen-bond acceptors (Lipinski definition) is 5. The Labute approximate surface area is 118 Å². The monoisotopic (exact) mass is 302 g/mol. The molecule has 0 saturated carbocycles. The maximum absolute atomic E-state index is 12.2. The van der Waals surface area contributed by atoms with Crippen LogP contribution in [-0.2, 0) is 26.6 Å². The molecule has 1 amide bonds. The van der Waals surface area contributed by atoms with Crippen LogP contribution in [0.25, 0.3) is 0 Å². The van der Waals surface area contributed by atoms with Crippen molar-refractivity contribution in [2.24, 2.45) is 7.05 Å². The number of hydrogen-bond donors (Lipinski definition) is 0. The van der Waals surface area contributed by atoms with E-state index >= 15 is 0 Å². The summed E-state index contributed by atoms with van der Waals surface area (Å²) in [6.07, 6.45) is 2.70. The van der Waals surface area contributed by atoms with Crippen molar-refractivity contribution < 1.29 is 17.9 Å². The lowest BCUT2D eigenvalue weighted by atomic mass is 10.4. The van der Waals surface area contributed by atoms with E-state index in [0.29, 0.717) is 26.3 Å². The van der Waals surface area contributed by atoms with Crippen LogP contribution in [0.4, 0.5) is 5.82 Å². The van der Waals surface area contributed by atoms with E-state index in [1.54, 1.807) is 24.2 Å². The number of nitrogens with zero attached hydrogens (tertiary/aromatic N) is 4. The van der Waals surface area contributed by atoms with Crippen LogP contribution in [0.3, 0.4) is 0 Å². The summed E-state index contributed by atoms with van der Waals surface area (Å²) in [6, 6.07) is 1.56. The zero-order valence-corrected chi connectivity index (χ0v) is 12.3. The van der Waals surface area contributed by atoms with Gasteiger partial charge in [-0.1, -0.05) is 0 Å². The molecule has 0 spiro atoms. The third-order valence-electron chi connectivity index (χ3n) is 3.00. The average Bonchev–Trinajstić information content (AvgIpc) is 2.81. The zero-order valence-electron chi connectivity index (χ0n) is 11.5. The van der Waals surface area contributed by atoms with Gasteiger partial charge in [-0.2, -0.15) is 5.10 Å². The maximum Gasteiger partial charge on any atom is 0.243 e. The summed E-state index contributed by atoms with van der Waals surface area (Å²) in [6.45, 7) is 1.69. The Kier molecular flexibility index (Phi) is 4.29. The average molecular weight is 302 g/mol. The molecular weight excluding hydrogens is 284 g/mol. The van der Waals surface area contributed by atoms with Crippen LogP contribution in [0, 0.1) is 0 Å². The van der Waals surface area contributed by atoms with Gasteiger partial charge in [0.25, 0.3) is 0 Å². The molecule has 1 aromatic rings. The fraction of sp³-hybridized carbons (Fsp3) is 0.636. The summed E-state index contributed by atoms with van der Waals surface area (Å²) in [4.78, 5) is 13.8. The number of aryl methyl sites for hydroxylation is 1. The van der Waals surface area contributed by atoms with Crippen LogP contribution in [0.2, 0.25) is 0 Å². The van der Waals surface area contributed by atoms with Gasteiger partial charge in [-0.25, -0.2) is 12.7 Å². The number of amides is 1. The predicted molar refractivity (Wildman–Crippen MR) is 72.8 cm³/mol. The zero-order chi connectivity index (χ0) is 14.8. The highest BCUT2D eigenvalue weighted by Crippen LogP contribution is 2.14. The van der Waals surface area contributed by atoms with Crippen LogP contribution >= 0.6 is 0 Å². The number of sulfonamides is 1. The van der Waals surface area contributed by atoms with Crippen molar-refractivity contribution >= 4 is 21.7 Å². The molecule has 0 bridgehead atoms. The topological polar surface area (TPSA) is 84.7 Å². The van der Waals surface area contributed by atoms with E-state index in [-0.39, 0.29) is 18.3 Å². The largest absolute Gasteiger partial charge is 0.378 e. The SMILES string of the molecule is Cn1ccc(N(CC(=O)N2CCOCC2)S(C)(=O)=O)n1. The number of rotatable bonds is 4. The highest BCUT2D eigenvalue weighted by Gasteiger charge is 2.26. The van der Waals surface area contributed by atoms with Crippen molar-refractivity contribution in [1.29, 1.82) is 0 Å². The van der Waals surface area contributed by atoms with Gasteiger partial charge in [-0.15, -0.1) is 0 Å². The molecule has 0 unspecified atom stereocenters. The van der Waals surface area contributed by atoms with Crippen LogP contribution < -0.4 is 4.31 Å². The summed E-state index contributed by atoms with van der Waals surface area (Å²) in [5, 5.41) is 4.04. The fourth-order valence-corrected chi connectivity index (χ4v) is 2.72. The first kappa shape index (κ1) is 14.8. The van der Waals surface area contributed by atoms with Crippen LogP contribution in [0.1, 0.15) is 0 Å². The first-order valence-electron chi connectivity index (χ1n) is 6.21. The molecule has 20 heavy (non-hydrogen) atoms. The molecule has 0 aromatic carbocycles. The van der Waals surface area contributed by atoms with Crippen LogP contribution in [0.5, 0.6) is 0 Å². The van der Waals surface area contributed by atoms with Crippen molar-refractivity contribution in [2.75, 3.05) is 43.4 Å². The molecular formula is C11H18N4O4S. The van der Waals surface area contributed by atoms with Crippen LogP contribution in [-0.4, -0.2) is 68.1 Å². The molecule has 2 rings (SSSR count). The van der Waals surface area contributed by atoms with E-state index in [9.17, 15) is 13.2 Å². The molecule has 0 atom stereocenters. The van der Waals surface area contributed by atoms with Crippen molar-refractivity contribution in [1.82, 2.24) is 14.7 Å². The third kappa shape index (κ3) is 3.48. The highest BCUT2D eigenvalue weighted by molar-refractivity contribution is 7.92. The Bertz CT molecular complexity index is 577. The third-order valence-corrected chi connectivity index (χ3v) is 4.11. The molecule has 1 aliphatic heterocycles. The second-order valence-electron chi connectivity index (χ2n) is 4.61. The molecule has 0 N–H and O–H groups in total. The Morgan fingerprint density at radius 3 is 2.60 bits per heavy atom. The first-order chi connectivity index (χ1) is 9.38. The lowest BCUT2D eigenvalue weighted by Crippen LogP contribution is -2.47. The molecule has 1 aromatic heterocycles. The van der Waals surface area contributed by atoms with E-state index in [1.165, 1.54) is 4.68 Å². The number of ether oxygens (including phenoxy) is 1. The summed E-state index contributed by atoms with van der Waals surface area (Å²) in [7, 11) is -1.87. The van der Waals surface area contributed by atoms with Gasteiger partial charge < -0.3 is 9.64 Å². The molecule has 8 nitrogen and oxygen atoms in total. The standard InChI is InChI=1S/C11H18N4O4S/c1-13-4-3-10(12-13)15(20(2,17)18)9-11(16)14-5-7-19-8-6-14/h3-4H,5-9H2,1-2H3. The second-order valence-corrected chi connectivity index (χ2v) is 6.52. The number of carbonyl (C=O) groups is 1. The van der Waals surface area contributed by atoms with E-state index in [2.05, 4.69) is 5.10 Å². The van der Waals surface area contributed by atoms with Crippen LogP contribution in [0.15, 0.2) is 12.3 Å². The molecule has 1 saturated heterocycles. The Morgan fingerprint density at radius 1 is 1.45 bits per heavy atom. The van der Waals surface area contributed by atoms with Crippen molar-refractivity contribution in [3.8, 4) is 0 Å². The molecule has 1 fully saturated rings. The minimum atomic E-state index is -3.56. The number of aromatic nitrogens is 2. The quantitative estimate of drug-likeness (QED) is 0.715. The maximum atomic E-state index is 12.2. The molecule has 2 heterocycles. The molecule has 9 heteroatoms. The van der Waals surface area contributed by atoms with Crippen molar-refractivity contribution in [2.45, 2.75) is 0 Å². The van der Waals surface area contributed by atoms with Gasteiger partial charge in [0.15, 0.2) is 5.82 Å². The van der Waals surface area contributed by atoms with E-state index in [4.69, 9.17) is 4.74 Å². The summed E-state index contributed by atoms with van der Waals surface area (Å²) in [5.74, 6) is 0.000914. The molecule has 0 radical (unpaired) electrons. The van der Waals surface area contributed by atoms with Gasteiger partial charge in [-0.05, 0) is 0 Å². The predicted octanol–water partition coefficient (Wildman–Crippen LogP) is -0.955. The minimum absolute atomic E-state index is 0.240. The number of anilines is 1. The van der Waals surface area contributed by atoms with Crippen molar-refractivity contribution in [3.63, 3.8) is 0 Å². The van der Waals surface area contributed by atoms with Gasteiger partial charge in [-0.3, -0.25) is 9.48 Å². The Morgan fingerprint density at radius 2 is 2.10 bits per heavy atom. The van der Waals surface area contributed by atoms with E-state index in [1.807, 2.05) is 0 Å². The minimum Gasteiger partial charge on any atom is -0.378 e. The van der Waals surface area contributed by atoms with Gasteiger partial charge in [0.2, 0.25) is 15.9 Å². The lowest BCUT2D eigenvalue weighted by Gasteiger charge is -2.29. The molecule has 0 aliphatic carbocycles. The van der Waals surface area contributed by atoms with Gasteiger partial charge >= 0.3 is 0 Å². The normalized spacial score (nSPS) is 16.2. The second kappa shape index (κ2) is 5.80. The number of carbonyl (C=O) groups excluding carboxylic acids is 1. The molecule has 112 valence electrons.